The lowest BCUT2D eigenvalue weighted by molar-refractivity contribution is -0.133. The lowest BCUT2D eigenvalue weighted by atomic mass is 10.2. The number of benzene rings is 2. The number of carbonyl (C=O) groups is 1. The minimum Gasteiger partial charge on any atom is -0.426 e. The first-order valence-corrected chi connectivity index (χ1v) is 8.80. The van der Waals surface area contributed by atoms with Gasteiger partial charge in [0.2, 0.25) is 0 Å². The molecule has 0 N–H and O–H groups in total. The lowest BCUT2D eigenvalue weighted by Gasteiger charge is -2.04. The molecule has 0 radical (unpaired) electrons. The largest absolute Gasteiger partial charge is 0.426 e. The summed E-state index contributed by atoms with van der Waals surface area (Å²) in [6, 6.07) is 17.7. The summed E-state index contributed by atoms with van der Waals surface area (Å²) in [5.41, 5.74) is 1.60. The van der Waals surface area contributed by atoms with E-state index in [9.17, 15) is 9.59 Å². The van der Waals surface area contributed by atoms with Crippen LogP contribution in [0, 0.1) is 0 Å². The van der Waals surface area contributed by atoms with Gasteiger partial charge in [0.25, 0.3) is 0 Å². The van der Waals surface area contributed by atoms with Gasteiger partial charge < -0.3 is 9.15 Å². The van der Waals surface area contributed by atoms with Crippen molar-refractivity contribution in [1.82, 2.24) is 4.98 Å². The van der Waals surface area contributed by atoms with Crippen molar-refractivity contribution in [2.24, 2.45) is 0 Å². The zero-order valence-corrected chi connectivity index (χ0v) is 14.4. The second kappa shape index (κ2) is 6.93. The molecule has 6 heteroatoms. The lowest BCUT2D eigenvalue weighted by Crippen LogP contribution is -2.11. The summed E-state index contributed by atoms with van der Waals surface area (Å²) in [4.78, 5) is 28.0. The van der Waals surface area contributed by atoms with Gasteiger partial charge in [0.1, 0.15) is 16.3 Å². The molecule has 0 saturated heterocycles. The molecule has 0 unspecified atom stereocenters. The highest BCUT2D eigenvalue weighted by atomic mass is 32.1. The monoisotopic (exact) mass is 363 g/mol. The Balaban J connectivity index is 1.47. The minimum atomic E-state index is -0.447. The second-order valence-corrected chi connectivity index (χ2v) is 6.47. The van der Waals surface area contributed by atoms with Crippen LogP contribution in [0.25, 0.3) is 21.5 Å². The molecular formula is C20H13NO4S. The Morgan fingerprint density at radius 2 is 1.88 bits per heavy atom. The number of hydrogen-bond donors (Lipinski definition) is 0. The van der Waals surface area contributed by atoms with Crippen LogP contribution < -0.4 is 10.4 Å². The number of esters is 1. The van der Waals surface area contributed by atoms with E-state index in [0.717, 1.165) is 16.0 Å². The zero-order valence-electron chi connectivity index (χ0n) is 13.5. The number of ether oxygens (including phenoxy) is 1. The summed E-state index contributed by atoms with van der Waals surface area (Å²) in [7, 11) is 0. The molecule has 0 saturated carbocycles. The van der Waals surface area contributed by atoms with E-state index in [1.165, 1.54) is 23.5 Å². The van der Waals surface area contributed by atoms with Crippen LogP contribution in [0.4, 0.5) is 0 Å². The molecule has 0 bridgehead atoms. The quantitative estimate of drug-likeness (QED) is 0.311. The molecule has 0 atom stereocenters. The van der Waals surface area contributed by atoms with Crippen molar-refractivity contribution in [2.45, 2.75) is 6.42 Å². The number of carbonyl (C=O) groups excluding carboxylic acids is 1. The van der Waals surface area contributed by atoms with E-state index in [2.05, 4.69) is 4.98 Å². The Morgan fingerprint density at radius 1 is 1.08 bits per heavy atom. The number of fused-ring (bicyclic) bond motifs is 1. The van der Waals surface area contributed by atoms with Gasteiger partial charge in [0, 0.05) is 28.5 Å². The smallest absolute Gasteiger partial charge is 0.336 e. The fraction of sp³-hybridized carbons (Fsp3) is 0.0500. The third kappa shape index (κ3) is 3.55. The molecule has 0 amide bonds. The number of rotatable bonds is 4. The van der Waals surface area contributed by atoms with Crippen LogP contribution in [0.5, 0.6) is 5.75 Å². The third-order valence-electron chi connectivity index (χ3n) is 3.72. The Hall–Kier alpha value is -3.25. The van der Waals surface area contributed by atoms with E-state index >= 15 is 0 Å². The molecule has 2 heterocycles. The van der Waals surface area contributed by atoms with Crippen molar-refractivity contribution in [2.75, 3.05) is 0 Å². The first-order chi connectivity index (χ1) is 12.7. The second-order valence-electron chi connectivity index (χ2n) is 5.61. The van der Waals surface area contributed by atoms with Gasteiger partial charge >= 0.3 is 11.6 Å². The Morgan fingerprint density at radius 3 is 2.73 bits per heavy atom. The Labute approximate surface area is 152 Å². The van der Waals surface area contributed by atoms with Gasteiger partial charge in [-0.15, -0.1) is 11.3 Å². The maximum absolute atomic E-state index is 12.2. The topological polar surface area (TPSA) is 69.4 Å². The van der Waals surface area contributed by atoms with E-state index in [1.807, 2.05) is 35.7 Å². The molecule has 5 nitrogen and oxygen atoms in total. The molecular weight excluding hydrogens is 350 g/mol. The summed E-state index contributed by atoms with van der Waals surface area (Å²) in [5, 5.41) is 3.47. The molecule has 0 spiro atoms. The fourth-order valence-electron chi connectivity index (χ4n) is 2.52. The molecule has 0 aliphatic heterocycles. The summed E-state index contributed by atoms with van der Waals surface area (Å²) in [5.74, 6) is -0.0945. The SMILES string of the molecule is O=C(Cc1csc(-c2ccccc2)n1)Oc1ccc2ccc(=O)oc2c1. The van der Waals surface area contributed by atoms with Crippen LogP contribution in [0.3, 0.4) is 0 Å². The van der Waals surface area contributed by atoms with Gasteiger partial charge in [-0.3, -0.25) is 4.79 Å². The number of nitrogens with zero attached hydrogens (tertiary/aromatic N) is 1. The predicted molar refractivity (Wildman–Crippen MR) is 99.4 cm³/mol. The predicted octanol–water partition coefficient (Wildman–Crippen LogP) is 4.06. The highest BCUT2D eigenvalue weighted by Crippen LogP contribution is 2.24. The minimum absolute atomic E-state index is 0.0696. The van der Waals surface area contributed by atoms with Gasteiger partial charge in [-0.1, -0.05) is 30.3 Å². The number of hydrogen-bond acceptors (Lipinski definition) is 6. The highest BCUT2D eigenvalue weighted by Gasteiger charge is 2.11. The maximum atomic E-state index is 12.2. The van der Waals surface area contributed by atoms with Gasteiger partial charge in [0.15, 0.2) is 0 Å². The standard InChI is InChI=1S/C20H13NO4S/c22-18-9-7-13-6-8-16(11-17(13)25-18)24-19(23)10-15-12-26-20(21-15)14-4-2-1-3-5-14/h1-9,11-12H,10H2. The molecule has 0 aliphatic carbocycles. The third-order valence-corrected chi connectivity index (χ3v) is 4.66. The average molecular weight is 363 g/mol. The van der Waals surface area contributed by atoms with Crippen molar-refractivity contribution in [3.05, 3.63) is 82.2 Å². The molecule has 4 aromatic rings. The van der Waals surface area contributed by atoms with Gasteiger partial charge in [-0.05, 0) is 18.2 Å². The van der Waals surface area contributed by atoms with Crippen LogP contribution in [-0.4, -0.2) is 11.0 Å². The van der Waals surface area contributed by atoms with Crippen LogP contribution >= 0.6 is 11.3 Å². The summed E-state index contributed by atoms with van der Waals surface area (Å²) < 4.78 is 10.4. The molecule has 4 rings (SSSR count). The van der Waals surface area contributed by atoms with Crippen LogP contribution in [-0.2, 0) is 11.2 Å². The van der Waals surface area contributed by atoms with Crippen molar-refractivity contribution in [3.63, 3.8) is 0 Å². The maximum Gasteiger partial charge on any atom is 0.336 e. The summed E-state index contributed by atoms with van der Waals surface area (Å²) in [6.45, 7) is 0. The van der Waals surface area contributed by atoms with Gasteiger partial charge in [-0.2, -0.15) is 0 Å². The zero-order chi connectivity index (χ0) is 17.9. The van der Waals surface area contributed by atoms with E-state index in [0.29, 0.717) is 17.0 Å². The summed E-state index contributed by atoms with van der Waals surface area (Å²) >= 11 is 1.49. The van der Waals surface area contributed by atoms with Crippen LogP contribution in [0.1, 0.15) is 5.69 Å². The van der Waals surface area contributed by atoms with Crippen molar-refractivity contribution >= 4 is 28.3 Å². The Bertz CT molecular complexity index is 1130. The van der Waals surface area contributed by atoms with Crippen LogP contribution in [0.2, 0.25) is 0 Å². The first kappa shape index (κ1) is 16.2. The van der Waals surface area contributed by atoms with Gasteiger partial charge in [-0.25, -0.2) is 9.78 Å². The number of aromatic nitrogens is 1. The molecule has 0 aliphatic rings. The fourth-order valence-corrected chi connectivity index (χ4v) is 3.35. The molecule has 2 aromatic heterocycles. The normalized spacial score (nSPS) is 10.8. The van der Waals surface area contributed by atoms with E-state index < -0.39 is 11.6 Å². The van der Waals surface area contributed by atoms with E-state index in [4.69, 9.17) is 9.15 Å². The summed E-state index contributed by atoms with van der Waals surface area (Å²) in [6.07, 6.45) is 0.0696. The highest BCUT2D eigenvalue weighted by molar-refractivity contribution is 7.13. The first-order valence-electron chi connectivity index (χ1n) is 7.92. The molecule has 26 heavy (non-hydrogen) atoms. The molecule has 0 fully saturated rings. The molecule has 128 valence electrons. The van der Waals surface area contributed by atoms with E-state index in [-0.39, 0.29) is 6.42 Å². The van der Waals surface area contributed by atoms with E-state index in [1.54, 1.807) is 18.2 Å². The van der Waals surface area contributed by atoms with Crippen molar-refractivity contribution in [1.29, 1.82) is 0 Å². The Kier molecular flexibility index (Phi) is 4.33. The van der Waals surface area contributed by atoms with Crippen molar-refractivity contribution < 1.29 is 13.9 Å². The molecule has 2 aromatic carbocycles. The number of thiazole rings is 1. The average Bonchev–Trinajstić information content (AvgIpc) is 3.10. The van der Waals surface area contributed by atoms with Gasteiger partial charge in [0.05, 0.1) is 12.1 Å². The van der Waals surface area contributed by atoms with Crippen molar-refractivity contribution in [3.8, 4) is 16.3 Å². The van der Waals surface area contributed by atoms with Crippen LogP contribution in [0.15, 0.2) is 75.3 Å².